The number of fused-ring (bicyclic) bond motifs is 24. The molecule has 14 aromatic carbocycles. The second kappa shape index (κ2) is 18.1. The van der Waals surface area contributed by atoms with Crippen molar-refractivity contribution >= 4 is 108 Å². The largest absolute Gasteiger partial charge is 0.309 e. The minimum absolute atomic E-state index is 0.418. The number of aromatic nitrogens is 2. The summed E-state index contributed by atoms with van der Waals surface area (Å²) in [5.74, 6) is 0. The number of rotatable bonds is 6. The molecule has 19 rings (SSSR count). The van der Waals surface area contributed by atoms with Gasteiger partial charge in [0.15, 0.2) is 0 Å². The van der Waals surface area contributed by atoms with E-state index in [2.05, 4.69) is 312 Å². The summed E-state index contributed by atoms with van der Waals surface area (Å²) in [7, 11) is 0. The lowest BCUT2D eigenvalue weighted by Gasteiger charge is -2.30. The standard InChI is InChI=1S/C83H50N2S/c1-2-21-55(22-3-1)84-74-37-16-11-31-66(74)79-54(20-18-38-75(79)84)48-68(52-42-40-51(41-43-52)57-32-19-36-73-80(57)65-30-10-15-35-72(65)83(73)70-33-13-8-25-60(70)61-26-9-14-34-71(61)83)53-44-46-67-76(49-53)85(56-45-47-78-69(50-56)62-27-12-17-39-77(62)86-78)82-64-29-7-5-24-59(64)58-23-4-6-28-63(58)81(67)82/h1-50H. The molecule has 0 bridgehead atoms. The van der Waals surface area contributed by atoms with E-state index >= 15 is 0 Å². The van der Waals surface area contributed by atoms with Gasteiger partial charge in [0.2, 0.25) is 0 Å². The van der Waals surface area contributed by atoms with E-state index in [9.17, 15) is 0 Å². The van der Waals surface area contributed by atoms with Crippen LogP contribution >= 0.6 is 11.3 Å². The second-order valence-electron chi connectivity index (χ2n) is 23.3. The molecule has 0 unspecified atom stereocenters. The van der Waals surface area contributed by atoms with Crippen molar-refractivity contribution in [1.82, 2.24) is 9.13 Å². The Labute approximate surface area is 500 Å². The van der Waals surface area contributed by atoms with E-state index in [-0.39, 0.29) is 0 Å². The minimum atomic E-state index is -0.418. The summed E-state index contributed by atoms with van der Waals surface area (Å²) >= 11 is 1.87. The van der Waals surface area contributed by atoms with Crippen molar-refractivity contribution in [2.45, 2.75) is 5.41 Å². The van der Waals surface area contributed by atoms with Gasteiger partial charge in [0, 0.05) is 58.5 Å². The summed E-state index contributed by atoms with van der Waals surface area (Å²) < 4.78 is 7.60. The summed E-state index contributed by atoms with van der Waals surface area (Å²) in [4.78, 5) is 0. The lowest BCUT2D eigenvalue weighted by molar-refractivity contribution is 0.794. The highest BCUT2D eigenvalue weighted by Gasteiger charge is 2.52. The molecule has 2 aliphatic rings. The predicted molar refractivity (Wildman–Crippen MR) is 365 cm³/mol. The van der Waals surface area contributed by atoms with E-state index in [1.54, 1.807) is 0 Å². The monoisotopic (exact) mass is 1110 g/mol. The van der Waals surface area contributed by atoms with E-state index < -0.39 is 5.41 Å². The highest BCUT2D eigenvalue weighted by Crippen LogP contribution is 2.64. The molecule has 398 valence electrons. The van der Waals surface area contributed by atoms with Crippen LogP contribution in [0.4, 0.5) is 0 Å². The van der Waals surface area contributed by atoms with E-state index in [0.717, 1.165) is 28.1 Å². The highest BCUT2D eigenvalue weighted by atomic mass is 32.1. The fraction of sp³-hybridized carbons (Fsp3) is 0.0120. The van der Waals surface area contributed by atoms with Crippen LogP contribution in [0.1, 0.15) is 38.9 Å². The molecular weight excluding hydrogens is 1060 g/mol. The Kier molecular flexibility index (Phi) is 10.0. The van der Waals surface area contributed by atoms with Gasteiger partial charge in [-0.25, -0.2) is 0 Å². The van der Waals surface area contributed by atoms with E-state index in [4.69, 9.17) is 0 Å². The van der Waals surface area contributed by atoms with Crippen LogP contribution < -0.4 is 0 Å². The maximum Gasteiger partial charge on any atom is 0.0725 e. The number of benzene rings is 14. The Morgan fingerprint density at radius 1 is 0.314 bits per heavy atom. The number of nitrogens with zero attached hydrogens (tertiary/aromatic N) is 2. The van der Waals surface area contributed by atoms with Crippen LogP contribution in [0.15, 0.2) is 297 Å². The maximum atomic E-state index is 2.57. The molecule has 0 N–H and O–H groups in total. The first-order chi connectivity index (χ1) is 42.7. The summed E-state index contributed by atoms with van der Waals surface area (Å²) in [5, 5.41) is 12.5. The van der Waals surface area contributed by atoms with Crippen molar-refractivity contribution in [3.8, 4) is 44.8 Å². The summed E-state index contributed by atoms with van der Waals surface area (Å²) in [6, 6.07) is 112. The lowest BCUT2D eigenvalue weighted by Crippen LogP contribution is -2.25. The van der Waals surface area contributed by atoms with Crippen LogP contribution in [-0.4, -0.2) is 9.13 Å². The van der Waals surface area contributed by atoms with Crippen molar-refractivity contribution in [3.63, 3.8) is 0 Å². The molecule has 0 radical (unpaired) electrons. The fourth-order valence-electron chi connectivity index (χ4n) is 15.7. The van der Waals surface area contributed by atoms with Gasteiger partial charge in [-0.2, -0.15) is 0 Å². The zero-order valence-corrected chi connectivity index (χ0v) is 47.5. The molecule has 0 fully saturated rings. The van der Waals surface area contributed by atoms with Gasteiger partial charge < -0.3 is 9.13 Å². The zero-order valence-electron chi connectivity index (χ0n) is 46.7. The van der Waals surface area contributed by atoms with Gasteiger partial charge >= 0.3 is 0 Å². The van der Waals surface area contributed by atoms with Gasteiger partial charge in [0.25, 0.3) is 0 Å². The van der Waals surface area contributed by atoms with Gasteiger partial charge in [-0.1, -0.05) is 243 Å². The van der Waals surface area contributed by atoms with Gasteiger partial charge in [0.05, 0.1) is 27.5 Å². The molecule has 86 heavy (non-hydrogen) atoms. The number of hydrogen-bond donors (Lipinski definition) is 0. The molecule has 1 spiro atoms. The molecule has 0 saturated carbocycles. The second-order valence-corrected chi connectivity index (χ2v) is 24.4. The molecule has 0 saturated heterocycles. The third kappa shape index (κ3) is 6.50. The van der Waals surface area contributed by atoms with Gasteiger partial charge in [-0.3, -0.25) is 0 Å². The Morgan fingerprint density at radius 2 is 0.872 bits per heavy atom. The zero-order chi connectivity index (χ0) is 56.2. The molecule has 3 heteroatoms. The van der Waals surface area contributed by atoms with E-state index in [0.29, 0.717) is 0 Å². The van der Waals surface area contributed by atoms with Gasteiger partial charge in [0.1, 0.15) is 0 Å². The van der Waals surface area contributed by atoms with Crippen molar-refractivity contribution in [1.29, 1.82) is 0 Å². The normalized spacial score (nSPS) is 13.3. The van der Waals surface area contributed by atoms with Gasteiger partial charge in [-0.05, 0) is 155 Å². The average Bonchev–Trinajstić information content (AvgIpc) is 1.61. The van der Waals surface area contributed by atoms with Crippen LogP contribution in [0.25, 0.3) is 142 Å². The predicted octanol–water partition coefficient (Wildman–Crippen LogP) is 22.2. The molecule has 17 aromatic rings. The Morgan fingerprint density at radius 3 is 1.65 bits per heavy atom. The topological polar surface area (TPSA) is 9.86 Å². The number of hydrogen-bond acceptors (Lipinski definition) is 1. The van der Waals surface area contributed by atoms with Crippen molar-refractivity contribution in [2.24, 2.45) is 0 Å². The first kappa shape index (κ1) is 47.6. The van der Waals surface area contributed by atoms with Crippen molar-refractivity contribution in [3.05, 3.63) is 336 Å². The first-order valence-corrected chi connectivity index (χ1v) is 30.6. The summed E-state index contributed by atoms with van der Waals surface area (Å²) in [5.41, 5.74) is 24.3. The highest BCUT2D eigenvalue weighted by molar-refractivity contribution is 7.25. The Hall–Kier alpha value is -10.8. The van der Waals surface area contributed by atoms with Crippen LogP contribution in [0.3, 0.4) is 0 Å². The smallest absolute Gasteiger partial charge is 0.0725 e. The van der Waals surface area contributed by atoms with Crippen LogP contribution in [0, 0.1) is 0 Å². The summed E-state index contributed by atoms with van der Waals surface area (Å²) in [6.45, 7) is 0. The molecule has 0 aliphatic heterocycles. The molecule has 3 heterocycles. The minimum Gasteiger partial charge on any atom is -0.309 e. The van der Waals surface area contributed by atoms with Crippen molar-refractivity contribution < 1.29 is 0 Å². The van der Waals surface area contributed by atoms with Gasteiger partial charge in [-0.15, -0.1) is 11.3 Å². The SMILES string of the molecule is C(=C(c1ccc(-c2cccc3c2-c2ccccc2C32c3ccccc3-c3ccccc32)cc1)c1ccc2c3c4ccccc4c4ccccc4c3n(-c3ccc4sc5ccccc5c4c3)c2c1)c1cccc2c1c1ccccc1n2-c1ccccc1. The molecule has 0 atom stereocenters. The third-order valence-electron chi connectivity index (χ3n) is 19.1. The maximum absolute atomic E-state index is 2.57. The number of thiophene rings is 1. The van der Waals surface area contributed by atoms with Crippen molar-refractivity contribution in [2.75, 3.05) is 0 Å². The van der Waals surface area contributed by atoms with E-state index in [1.807, 2.05) is 11.3 Å². The molecule has 2 aliphatic carbocycles. The molecular formula is C83H50N2S. The van der Waals surface area contributed by atoms with E-state index in [1.165, 1.54) is 147 Å². The molecule has 3 aromatic heterocycles. The lowest BCUT2D eigenvalue weighted by atomic mass is 9.70. The molecule has 0 amide bonds. The summed E-state index contributed by atoms with van der Waals surface area (Å²) in [6.07, 6.45) is 2.47. The third-order valence-corrected chi connectivity index (χ3v) is 20.3. The Bertz CT molecular complexity index is 5720. The Balaban J connectivity index is 0.866. The van der Waals surface area contributed by atoms with Crippen LogP contribution in [0.2, 0.25) is 0 Å². The van der Waals surface area contributed by atoms with Crippen LogP contribution in [-0.2, 0) is 5.41 Å². The fourth-order valence-corrected chi connectivity index (χ4v) is 16.8. The van der Waals surface area contributed by atoms with Crippen LogP contribution in [0.5, 0.6) is 0 Å². The quantitative estimate of drug-likeness (QED) is 0.116. The number of para-hydroxylation sites is 2. The first-order valence-electron chi connectivity index (χ1n) is 29.8. The average molecular weight is 1110 g/mol. The molecule has 2 nitrogen and oxygen atoms in total.